The number of carbonyl (C=O) groups excluding carboxylic acids is 2. The minimum absolute atomic E-state index is 0.0289. The molecule has 1 heterocycles. The SMILES string of the molecule is CC1=C(C(=O)Nc2ccc(F)cc2)[C@@H](c2cccc(O)c2)NC(=O)N1. The van der Waals surface area contributed by atoms with Crippen molar-refractivity contribution in [2.24, 2.45) is 0 Å². The average Bonchev–Trinajstić information content (AvgIpc) is 2.56. The van der Waals surface area contributed by atoms with E-state index in [2.05, 4.69) is 16.0 Å². The molecule has 0 unspecified atom stereocenters. The van der Waals surface area contributed by atoms with Crippen LogP contribution in [0, 0.1) is 5.82 Å². The zero-order valence-electron chi connectivity index (χ0n) is 13.3. The molecule has 0 aromatic heterocycles. The first-order chi connectivity index (χ1) is 11.9. The number of halogens is 1. The van der Waals surface area contributed by atoms with Crippen LogP contribution >= 0.6 is 0 Å². The second-order valence-corrected chi connectivity index (χ2v) is 5.63. The standard InChI is InChI=1S/C18H16FN3O3/c1-10-15(17(24)21-13-7-5-12(19)6-8-13)16(22-18(25)20-10)11-3-2-4-14(23)9-11/h2-9,16,23H,1H3,(H,21,24)(H2,20,22,25)/t16-/m1/s1. The number of rotatable bonds is 3. The van der Waals surface area contributed by atoms with Crippen LogP contribution in [0.2, 0.25) is 0 Å². The van der Waals surface area contributed by atoms with Crippen molar-refractivity contribution in [3.8, 4) is 5.75 Å². The van der Waals surface area contributed by atoms with E-state index in [1.54, 1.807) is 19.1 Å². The van der Waals surface area contributed by atoms with Crippen LogP contribution in [0.15, 0.2) is 59.8 Å². The summed E-state index contributed by atoms with van der Waals surface area (Å²) in [5.74, 6) is -0.816. The zero-order chi connectivity index (χ0) is 18.0. The Morgan fingerprint density at radius 3 is 2.60 bits per heavy atom. The number of benzene rings is 2. The van der Waals surface area contributed by atoms with E-state index in [-0.39, 0.29) is 5.75 Å². The van der Waals surface area contributed by atoms with Gasteiger partial charge in [0, 0.05) is 11.4 Å². The predicted molar refractivity (Wildman–Crippen MR) is 90.2 cm³/mol. The van der Waals surface area contributed by atoms with E-state index in [1.807, 2.05) is 0 Å². The molecular weight excluding hydrogens is 325 g/mol. The van der Waals surface area contributed by atoms with Crippen molar-refractivity contribution in [1.29, 1.82) is 0 Å². The number of nitrogens with one attached hydrogen (secondary N) is 3. The first-order valence-electron chi connectivity index (χ1n) is 7.58. The van der Waals surface area contributed by atoms with Gasteiger partial charge in [-0.2, -0.15) is 0 Å². The zero-order valence-corrected chi connectivity index (χ0v) is 13.3. The quantitative estimate of drug-likeness (QED) is 0.692. The lowest BCUT2D eigenvalue weighted by atomic mass is 9.94. The first kappa shape index (κ1) is 16.5. The number of aromatic hydroxyl groups is 1. The normalized spacial score (nSPS) is 16.9. The monoisotopic (exact) mass is 341 g/mol. The number of phenolic OH excluding ortho intramolecular Hbond substituents is 1. The number of anilines is 1. The van der Waals surface area contributed by atoms with Gasteiger partial charge < -0.3 is 21.1 Å². The second-order valence-electron chi connectivity index (χ2n) is 5.63. The number of hydrogen-bond acceptors (Lipinski definition) is 3. The highest BCUT2D eigenvalue weighted by Crippen LogP contribution is 2.29. The minimum atomic E-state index is -0.721. The summed E-state index contributed by atoms with van der Waals surface area (Å²) in [6.07, 6.45) is 0. The van der Waals surface area contributed by atoms with Crippen LogP contribution in [-0.4, -0.2) is 17.0 Å². The van der Waals surface area contributed by atoms with Crippen LogP contribution in [0.5, 0.6) is 5.75 Å². The molecule has 1 aliphatic heterocycles. The Bertz CT molecular complexity index is 862. The van der Waals surface area contributed by atoms with Crippen molar-refractivity contribution in [1.82, 2.24) is 10.6 Å². The van der Waals surface area contributed by atoms with Gasteiger partial charge in [-0.05, 0) is 48.9 Å². The minimum Gasteiger partial charge on any atom is -0.508 e. The fraction of sp³-hybridized carbons (Fsp3) is 0.111. The van der Waals surface area contributed by atoms with E-state index in [0.717, 1.165) is 0 Å². The lowest BCUT2D eigenvalue weighted by Gasteiger charge is -2.28. The Morgan fingerprint density at radius 1 is 1.20 bits per heavy atom. The number of amides is 3. The Morgan fingerprint density at radius 2 is 1.92 bits per heavy atom. The fourth-order valence-corrected chi connectivity index (χ4v) is 2.68. The molecular formula is C18H16FN3O3. The van der Waals surface area contributed by atoms with Gasteiger partial charge in [0.1, 0.15) is 11.6 Å². The summed E-state index contributed by atoms with van der Waals surface area (Å²) in [5, 5.41) is 17.6. The maximum absolute atomic E-state index is 13.0. The van der Waals surface area contributed by atoms with Crippen LogP contribution in [-0.2, 0) is 4.79 Å². The van der Waals surface area contributed by atoms with Gasteiger partial charge in [0.25, 0.3) is 5.91 Å². The Kier molecular flexibility index (Phi) is 4.38. The number of phenols is 1. The Labute approximate surface area is 143 Å². The summed E-state index contributed by atoms with van der Waals surface area (Å²) < 4.78 is 13.0. The summed E-state index contributed by atoms with van der Waals surface area (Å²) >= 11 is 0. The third kappa shape index (κ3) is 3.60. The maximum Gasteiger partial charge on any atom is 0.319 e. The van der Waals surface area contributed by atoms with Gasteiger partial charge in [-0.15, -0.1) is 0 Å². The summed E-state index contributed by atoms with van der Waals surface area (Å²) in [6, 6.07) is 10.5. The van der Waals surface area contributed by atoms with Gasteiger partial charge in [-0.3, -0.25) is 4.79 Å². The van der Waals surface area contributed by atoms with E-state index in [1.165, 1.54) is 36.4 Å². The molecule has 3 rings (SSSR count). The molecule has 1 aliphatic rings. The molecule has 0 saturated carbocycles. The molecule has 6 nitrogen and oxygen atoms in total. The number of urea groups is 1. The van der Waals surface area contributed by atoms with Crippen molar-refractivity contribution >= 4 is 17.6 Å². The molecule has 0 radical (unpaired) electrons. The van der Waals surface area contributed by atoms with Gasteiger partial charge in [0.2, 0.25) is 0 Å². The van der Waals surface area contributed by atoms with Crippen molar-refractivity contribution in [2.45, 2.75) is 13.0 Å². The van der Waals surface area contributed by atoms with Crippen molar-refractivity contribution in [3.63, 3.8) is 0 Å². The van der Waals surface area contributed by atoms with Gasteiger partial charge in [-0.1, -0.05) is 12.1 Å². The molecule has 128 valence electrons. The predicted octanol–water partition coefficient (Wildman–Crippen LogP) is 2.80. The topological polar surface area (TPSA) is 90.5 Å². The van der Waals surface area contributed by atoms with Crippen molar-refractivity contribution in [2.75, 3.05) is 5.32 Å². The molecule has 1 atom stereocenters. The Balaban J connectivity index is 1.94. The van der Waals surface area contributed by atoms with Gasteiger partial charge in [0.15, 0.2) is 0 Å². The number of hydrogen-bond donors (Lipinski definition) is 4. The largest absolute Gasteiger partial charge is 0.508 e. The molecule has 25 heavy (non-hydrogen) atoms. The Hall–Kier alpha value is -3.35. The fourth-order valence-electron chi connectivity index (χ4n) is 2.68. The summed E-state index contributed by atoms with van der Waals surface area (Å²) in [5.41, 5.74) is 1.70. The molecule has 0 spiro atoms. The van der Waals surface area contributed by atoms with Crippen molar-refractivity contribution in [3.05, 3.63) is 71.2 Å². The third-order valence-corrected chi connectivity index (χ3v) is 3.82. The van der Waals surface area contributed by atoms with Crippen LogP contribution in [0.4, 0.5) is 14.9 Å². The van der Waals surface area contributed by atoms with E-state index >= 15 is 0 Å². The highest BCUT2D eigenvalue weighted by molar-refractivity contribution is 6.06. The lowest BCUT2D eigenvalue weighted by Crippen LogP contribution is -2.45. The van der Waals surface area contributed by atoms with Gasteiger partial charge in [-0.25, -0.2) is 9.18 Å². The molecule has 0 bridgehead atoms. The summed E-state index contributed by atoms with van der Waals surface area (Å²) in [6.45, 7) is 1.62. The van der Waals surface area contributed by atoms with E-state index in [4.69, 9.17) is 0 Å². The molecule has 2 aromatic rings. The van der Waals surface area contributed by atoms with E-state index in [0.29, 0.717) is 22.5 Å². The average molecular weight is 341 g/mol. The van der Waals surface area contributed by atoms with Crippen LogP contribution < -0.4 is 16.0 Å². The molecule has 4 N–H and O–H groups in total. The van der Waals surface area contributed by atoms with E-state index in [9.17, 15) is 19.1 Å². The summed E-state index contributed by atoms with van der Waals surface area (Å²) in [4.78, 5) is 24.5. The third-order valence-electron chi connectivity index (χ3n) is 3.82. The first-order valence-corrected chi connectivity index (χ1v) is 7.58. The maximum atomic E-state index is 13.0. The molecule has 0 aliphatic carbocycles. The number of allylic oxidation sites excluding steroid dienone is 1. The molecule has 7 heteroatoms. The second kappa shape index (κ2) is 6.64. The van der Waals surface area contributed by atoms with Crippen molar-refractivity contribution < 1.29 is 19.1 Å². The lowest BCUT2D eigenvalue weighted by molar-refractivity contribution is -0.113. The van der Waals surface area contributed by atoms with Gasteiger partial charge in [0.05, 0.1) is 11.6 Å². The van der Waals surface area contributed by atoms with Crippen LogP contribution in [0.1, 0.15) is 18.5 Å². The number of carbonyl (C=O) groups is 2. The van der Waals surface area contributed by atoms with Crippen LogP contribution in [0.25, 0.3) is 0 Å². The molecule has 0 fully saturated rings. The summed E-state index contributed by atoms with van der Waals surface area (Å²) in [7, 11) is 0. The molecule has 2 aromatic carbocycles. The molecule has 0 saturated heterocycles. The van der Waals surface area contributed by atoms with E-state index < -0.39 is 23.8 Å². The highest BCUT2D eigenvalue weighted by atomic mass is 19.1. The smallest absolute Gasteiger partial charge is 0.319 e. The molecule has 3 amide bonds. The van der Waals surface area contributed by atoms with Gasteiger partial charge >= 0.3 is 6.03 Å². The highest BCUT2D eigenvalue weighted by Gasteiger charge is 2.31. The van der Waals surface area contributed by atoms with Crippen LogP contribution in [0.3, 0.4) is 0 Å².